The summed E-state index contributed by atoms with van der Waals surface area (Å²) in [4.78, 5) is 10.6. The topological polar surface area (TPSA) is 83.4 Å². The molecule has 110 valence electrons. The number of fused-ring (bicyclic) bond motifs is 1. The summed E-state index contributed by atoms with van der Waals surface area (Å²) < 4.78 is 23.7. The largest absolute Gasteiger partial charge is 0.393 e. The van der Waals surface area contributed by atoms with Crippen LogP contribution in [0, 0.1) is 18.8 Å². The predicted octanol–water partition coefficient (Wildman–Crippen LogP) is 0.396. The van der Waals surface area contributed by atoms with Crippen LogP contribution >= 0.6 is 0 Å². The maximum absolute atomic E-state index is 11.9. The average molecular weight is 297 g/mol. The van der Waals surface area contributed by atoms with Crippen LogP contribution in [0.4, 0.5) is 5.82 Å². The van der Waals surface area contributed by atoms with Crippen molar-refractivity contribution in [1.82, 2.24) is 9.97 Å². The Morgan fingerprint density at radius 3 is 2.45 bits per heavy atom. The van der Waals surface area contributed by atoms with Crippen LogP contribution in [0.2, 0.25) is 0 Å². The smallest absolute Gasteiger partial charge is 0.180 e. The third kappa shape index (κ3) is 2.40. The zero-order valence-electron chi connectivity index (χ0n) is 11.7. The second-order valence-corrected chi connectivity index (χ2v) is 7.91. The van der Waals surface area contributed by atoms with Crippen molar-refractivity contribution in [1.29, 1.82) is 0 Å². The normalized spacial score (nSPS) is 29.8. The van der Waals surface area contributed by atoms with E-state index in [-0.39, 0.29) is 11.0 Å². The Kier molecular flexibility index (Phi) is 3.21. The van der Waals surface area contributed by atoms with Crippen LogP contribution in [0.3, 0.4) is 0 Å². The minimum absolute atomic E-state index is 0.198. The molecule has 0 spiro atoms. The fourth-order valence-electron chi connectivity index (χ4n) is 3.38. The van der Waals surface area contributed by atoms with Gasteiger partial charge >= 0.3 is 0 Å². The van der Waals surface area contributed by atoms with Gasteiger partial charge in [0.1, 0.15) is 10.7 Å². The summed E-state index contributed by atoms with van der Waals surface area (Å²) in [6.07, 6.45) is 3.99. The van der Waals surface area contributed by atoms with Gasteiger partial charge in [-0.2, -0.15) is 0 Å². The number of nitrogens with zero attached hydrogens (tertiary/aromatic N) is 3. The fourth-order valence-corrected chi connectivity index (χ4v) is 4.13. The highest BCUT2D eigenvalue weighted by molar-refractivity contribution is 7.90. The van der Waals surface area contributed by atoms with Crippen molar-refractivity contribution in [2.24, 2.45) is 11.8 Å². The van der Waals surface area contributed by atoms with E-state index in [0.29, 0.717) is 23.5 Å². The van der Waals surface area contributed by atoms with Gasteiger partial charge in [-0.15, -0.1) is 0 Å². The van der Waals surface area contributed by atoms with E-state index in [9.17, 15) is 13.5 Å². The van der Waals surface area contributed by atoms with E-state index in [1.807, 2.05) is 4.90 Å². The molecule has 3 atom stereocenters. The highest BCUT2D eigenvalue weighted by Crippen LogP contribution is 2.40. The van der Waals surface area contributed by atoms with Crippen molar-refractivity contribution < 1.29 is 13.5 Å². The first-order chi connectivity index (χ1) is 9.34. The Morgan fingerprint density at radius 2 is 1.90 bits per heavy atom. The summed E-state index contributed by atoms with van der Waals surface area (Å²) in [5, 5.41) is 9.68. The van der Waals surface area contributed by atoms with Gasteiger partial charge in [-0.05, 0) is 31.6 Å². The second-order valence-electron chi connectivity index (χ2n) is 5.93. The lowest BCUT2D eigenvalue weighted by Gasteiger charge is -2.21. The van der Waals surface area contributed by atoms with Gasteiger partial charge in [-0.25, -0.2) is 18.4 Å². The van der Waals surface area contributed by atoms with E-state index >= 15 is 0 Å². The standard InChI is InChI=1S/C13H19N3O3S/c1-8-14-5-12(20(2,18)19)13(15-8)16-6-9-3-11(17)4-10(9)7-16/h5,9-11,17H,3-4,6-7H2,1-2H3/t9-,10+,11?. The van der Waals surface area contributed by atoms with Gasteiger partial charge in [0.05, 0.1) is 12.3 Å². The van der Waals surface area contributed by atoms with Gasteiger partial charge in [0, 0.05) is 19.3 Å². The molecule has 1 aliphatic carbocycles. The van der Waals surface area contributed by atoms with Gasteiger partial charge in [0.25, 0.3) is 0 Å². The van der Waals surface area contributed by atoms with Crippen LogP contribution in [-0.4, -0.2) is 48.9 Å². The zero-order chi connectivity index (χ0) is 14.5. The minimum atomic E-state index is -3.34. The van der Waals surface area contributed by atoms with Gasteiger partial charge in [-0.3, -0.25) is 0 Å². The number of hydrogen-bond donors (Lipinski definition) is 1. The van der Waals surface area contributed by atoms with Crippen LogP contribution in [0.15, 0.2) is 11.1 Å². The Labute approximate surface area is 118 Å². The lowest BCUT2D eigenvalue weighted by Crippen LogP contribution is -2.26. The molecule has 6 nitrogen and oxygen atoms in total. The zero-order valence-corrected chi connectivity index (χ0v) is 12.5. The summed E-state index contributed by atoms with van der Waals surface area (Å²) in [6.45, 7) is 3.29. The third-order valence-electron chi connectivity index (χ3n) is 4.28. The lowest BCUT2D eigenvalue weighted by atomic mass is 10.0. The molecule has 1 saturated heterocycles. The maximum Gasteiger partial charge on any atom is 0.180 e. The third-order valence-corrected chi connectivity index (χ3v) is 5.37. The molecule has 0 bridgehead atoms. The number of hydrogen-bond acceptors (Lipinski definition) is 6. The number of anilines is 1. The number of aryl methyl sites for hydroxylation is 1. The van der Waals surface area contributed by atoms with E-state index < -0.39 is 9.84 Å². The molecular weight excluding hydrogens is 278 g/mol. The highest BCUT2D eigenvalue weighted by Gasteiger charge is 2.41. The molecular formula is C13H19N3O3S. The molecule has 1 aromatic heterocycles. The molecule has 0 aromatic carbocycles. The number of aliphatic hydroxyl groups excluding tert-OH is 1. The lowest BCUT2D eigenvalue weighted by molar-refractivity contribution is 0.174. The van der Waals surface area contributed by atoms with Crippen LogP contribution < -0.4 is 4.90 Å². The molecule has 0 radical (unpaired) electrons. The first-order valence-corrected chi connectivity index (χ1v) is 8.70. The Hall–Kier alpha value is -1.21. The maximum atomic E-state index is 11.9. The highest BCUT2D eigenvalue weighted by atomic mass is 32.2. The van der Waals surface area contributed by atoms with E-state index in [1.54, 1.807) is 6.92 Å². The first-order valence-electron chi connectivity index (χ1n) is 6.81. The monoisotopic (exact) mass is 297 g/mol. The summed E-state index contributed by atoms with van der Waals surface area (Å²) in [5.41, 5.74) is 0. The predicted molar refractivity (Wildman–Crippen MR) is 74.3 cm³/mol. The molecule has 2 fully saturated rings. The van der Waals surface area contributed by atoms with E-state index in [4.69, 9.17) is 0 Å². The second kappa shape index (κ2) is 4.66. The summed E-state index contributed by atoms with van der Waals surface area (Å²) >= 11 is 0. The van der Waals surface area contributed by atoms with Gasteiger partial charge in [0.15, 0.2) is 15.7 Å². The molecule has 2 aliphatic rings. The van der Waals surface area contributed by atoms with Crippen LogP contribution in [0.5, 0.6) is 0 Å². The fraction of sp³-hybridized carbons (Fsp3) is 0.692. The molecule has 2 heterocycles. The van der Waals surface area contributed by atoms with Gasteiger partial charge in [0.2, 0.25) is 0 Å². The van der Waals surface area contributed by atoms with E-state index in [0.717, 1.165) is 25.9 Å². The van der Waals surface area contributed by atoms with Crippen molar-refractivity contribution in [2.75, 3.05) is 24.2 Å². The molecule has 1 saturated carbocycles. The molecule has 1 aliphatic heterocycles. The molecule has 0 amide bonds. The van der Waals surface area contributed by atoms with Crippen molar-refractivity contribution in [3.8, 4) is 0 Å². The van der Waals surface area contributed by atoms with Crippen molar-refractivity contribution in [3.05, 3.63) is 12.0 Å². The number of rotatable bonds is 2. The van der Waals surface area contributed by atoms with Gasteiger partial charge < -0.3 is 10.0 Å². The van der Waals surface area contributed by atoms with Crippen LogP contribution in [-0.2, 0) is 9.84 Å². The first kappa shape index (κ1) is 13.8. The molecule has 1 aromatic rings. The molecule has 20 heavy (non-hydrogen) atoms. The van der Waals surface area contributed by atoms with Crippen molar-refractivity contribution in [3.63, 3.8) is 0 Å². The average Bonchev–Trinajstić information content (AvgIpc) is 2.84. The molecule has 1 unspecified atom stereocenters. The van der Waals surface area contributed by atoms with Gasteiger partial charge in [-0.1, -0.05) is 0 Å². The van der Waals surface area contributed by atoms with E-state index in [1.165, 1.54) is 12.5 Å². The minimum Gasteiger partial charge on any atom is -0.393 e. The number of aliphatic hydroxyl groups is 1. The van der Waals surface area contributed by atoms with E-state index in [2.05, 4.69) is 9.97 Å². The van der Waals surface area contributed by atoms with Crippen molar-refractivity contribution in [2.45, 2.75) is 30.8 Å². The Balaban J connectivity index is 1.94. The number of sulfone groups is 1. The Bertz CT molecular complexity index is 618. The van der Waals surface area contributed by atoms with Crippen molar-refractivity contribution >= 4 is 15.7 Å². The SMILES string of the molecule is Cc1ncc(S(C)(=O)=O)c(N2C[C@H]3CC(O)C[C@H]3C2)n1. The summed E-state index contributed by atoms with van der Waals surface area (Å²) in [5.74, 6) is 1.97. The Morgan fingerprint density at radius 1 is 1.30 bits per heavy atom. The molecule has 1 N–H and O–H groups in total. The van der Waals surface area contributed by atoms with Crippen LogP contribution in [0.1, 0.15) is 18.7 Å². The summed E-state index contributed by atoms with van der Waals surface area (Å²) in [6, 6.07) is 0. The molecule has 7 heteroatoms. The quantitative estimate of drug-likeness (QED) is 0.850. The molecule has 3 rings (SSSR count). The number of aromatic nitrogens is 2. The summed E-state index contributed by atoms with van der Waals surface area (Å²) in [7, 11) is -3.34. The van der Waals surface area contributed by atoms with Crippen LogP contribution in [0.25, 0.3) is 0 Å².